The van der Waals surface area contributed by atoms with Gasteiger partial charge in [-0.25, -0.2) is 0 Å². The molecule has 0 aromatic heterocycles. The van der Waals surface area contributed by atoms with Gasteiger partial charge in [0.15, 0.2) is 5.78 Å². The van der Waals surface area contributed by atoms with Crippen molar-refractivity contribution in [3.63, 3.8) is 0 Å². The van der Waals surface area contributed by atoms with Gasteiger partial charge >= 0.3 is 0 Å². The number of nitriles is 1. The van der Waals surface area contributed by atoms with Gasteiger partial charge in [-0.1, -0.05) is 40.2 Å². The van der Waals surface area contributed by atoms with Crippen LogP contribution >= 0.6 is 0 Å². The molecule has 0 heterocycles. The molecule has 1 aliphatic carbocycles. The number of Topliss-reactive ketones (excluding diaryl/α,β-unsaturated/α-hetero) is 1. The molecule has 0 bridgehead atoms. The molecule has 0 aromatic rings. The van der Waals surface area contributed by atoms with Crippen molar-refractivity contribution >= 4 is 5.78 Å². The Morgan fingerprint density at radius 2 is 1.93 bits per heavy atom. The molecule has 1 fully saturated rings. The number of rotatable bonds is 2. The Morgan fingerprint density at radius 3 is 2.20 bits per heavy atom. The monoisotopic (exact) mass is 205 g/mol. The molecule has 0 N–H and O–H groups in total. The fourth-order valence-electron chi connectivity index (χ4n) is 1.78. The fourth-order valence-corrected chi connectivity index (χ4v) is 1.78. The van der Waals surface area contributed by atoms with Gasteiger partial charge in [0, 0.05) is 5.41 Å². The second-order valence-corrected chi connectivity index (χ2v) is 5.76. The number of hydrogen-bond donors (Lipinski definition) is 0. The Labute approximate surface area is 92.0 Å². The zero-order valence-corrected chi connectivity index (χ0v) is 10.1. The van der Waals surface area contributed by atoms with Gasteiger partial charge in [0.2, 0.25) is 0 Å². The Kier molecular flexibility index (Phi) is 3.04. The average Bonchev–Trinajstić information content (AvgIpc) is 2.08. The number of nitrogens with zero attached hydrogens (tertiary/aromatic N) is 1. The highest BCUT2D eigenvalue weighted by Crippen LogP contribution is 2.42. The van der Waals surface area contributed by atoms with Crippen molar-refractivity contribution in [3.8, 4) is 6.07 Å². The van der Waals surface area contributed by atoms with E-state index in [1.807, 2.05) is 32.9 Å². The molecule has 0 unspecified atom stereocenters. The van der Waals surface area contributed by atoms with Gasteiger partial charge in [-0.3, -0.25) is 4.79 Å². The van der Waals surface area contributed by atoms with Gasteiger partial charge in [-0.15, -0.1) is 0 Å². The summed E-state index contributed by atoms with van der Waals surface area (Å²) in [5, 5.41) is 9.00. The molecule has 0 spiro atoms. The Bertz CT molecular complexity index is 335. The van der Waals surface area contributed by atoms with Crippen molar-refractivity contribution in [1.82, 2.24) is 0 Å². The first-order chi connectivity index (χ1) is 6.78. The minimum atomic E-state index is -0.457. The Hall–Kier alpha value is -1.10. The van der Waals surface area contributed by atoms with Crippen molar-refractivity contribution < 1.29 is 4.79 Å². The number of allylic oxidation sites excluding steroid dienone is 2. The standard InChI is InChI=1S/C13H19NO/c1-12(2,3)11(15)10(9-14)8-13(4)6-5-7-13/h8H,5-7H2,1-4H3/b10-8+. The van der Waals surface area contributed by atoms with Crippen LogP contribution in [0, 0.1) is 22.2 Å². The second kappa shape index (κ2) is 3.81. The van der Waals surface area contributed by atoms with Crippen molar-refractivity contribution in [3.05, 3.63) is 11.6 Å². The molecule has 2 nitrogen and oxygen atoms in total. The topological polar surface area (TPSA) is 40.9 Å². The van der Waals surface area contributed by atoms with E-state index < -0.39 is 5.41 Å². The summed E-state index contributed by atoms with van der Waals surface area (Å²) in [7, 11) is 0. The maximum absolute atomic E-state index is 11.9. The van der Waals surface area contributed by atoms with Gasteiger partial charge in [-0.05, 0) is 18.3 Å². The quantitative estimate of drug-likeness (QED) is 0.513. The van der Waals surface area contributed by atoms with Crippen LogP contribution in [-0.4, -0.2) is 5.78 Å². The summed E-state index contributed by atoms with van der Waals surface area (Å²) in [6.07, 6.45) is 5.27. The fraction of sp³-hybridized carbons (Fsp3) is 0.692. The van der Waals surface area contributed by atoms with Crippen molar-refractivity contribution in [2.24, 2.45) is 10.8 Å². The summed E-state index contributed by atoms with van der Waals surface area (Å²) in [5.41, 5.74) is -0.0297. The van der Waals surface area contributed by atoms with Crippen LogP contribution in [0.2, 0.25) is 0 Å². The molecule has 1 saturated carbocycles. The summed E-state index contributed by atoms with van der Waals surface area (Å²) < 4.78 is 0. The summed E-state index contributed by atoms with van der Waals surface area (Å²) in [4.78, 5) is 11.9. The third kappa shape index (κ3) is 2.68. The van der Waals surface area contributed by atoms with E-state index >= 15 is 0 Å². The Morgan fingerprint density at radius 1 is 1.40 bits per heavy atom. The lowest BCUT2D eigenvalue weighted by atomic mass is 9.69. The van der Waals surface area contributed by atoms with Crippen LogP contribution in [0.15, 0.2) is 11.6 Å². The Balaban J connectivity index is 2.90. The molecule has 0 aromatic carbocycles. The highest BCUT2D eigenvalue weighted by Gasteiger charge is 2.33. The predicted octanol–water partition coefficient (Wildman–Crippen LogP) is 3.24. The lowest BCUT2D eigenvalue weighted by molar-refractivity contribution is -0.122. The highest BCUT2D eigenvalue weighted by atomic mass is 16.1. The van der Waals surface area contributed by atoms with Crippen molar-refractivity contribution in [2.45, 2.75) is 47.0 Å². The summed E-state index contributed by atoms with van der Waals surface area (Å²) in [5.74, 6) is -0.0434. The SMILES string of the molecule is CC1(/C=C(\C#N)C(=O)C(C)(C)C)CCC1. The molecular weight excluding hydrogens is 186 g/mol. The van der Waals surface area contributed by atoms with Gasteiger partial charge in [0.25, 0.3) is 0 Å². The molecule has 82 valence electrons. The smallest absolute Gasteiger partial charge is 0.178 e. The molecule has 0 aliphatic heterocycles. The van der Waals surface area contributed by atoms with Crippen LogP contribution in [-0.2, 0) is 4.79 Å². The van der Waals surface area contributed by atoms with Crippen LogP contribution < -0.4 is 0 Å². The van der Waals surface area contributed by atoms with Gasteiger partial charge in [0.05, 0.1) is 5.57 Å². The van der Waals surface area contributed by atoms with Crippen LogP contribution in [0.5, 0.6) is 0 Å². The average molecular weight is 205 g/mol. The zero-order chi connectivity index (χ0) is 11.7. The number of hydrogen-bond acceptors (Lipinski definition) is 2. The highest BCUT2D eigenvalue weighted by molar-refractivity contribution is 6.02. The molecule has 0 amide bonds. The molecular formula is C13H19NO. The largest absolute Gasteiger partial charge is 0.293 e. The maximum Gasteiger partial charge on any atom is 0.178 e. The first kappa shape index (κ1) is 12.0. The first-order valence-corrected chi connectivity index (χ1v) is 5.46. The first-order valence-electron chi connectivity index (χ1n) is 5.46. The lowest BCUT2D eigenvalue weighted by Gasteiger charge is -2.35. The van der Waals surface area contributed by atoms with Gasteiger partial charge in [0.1, 0.15) is 6.07 Å². The zero-order valence-electron chi connectivity index (χ0n) is 10.1. The van der Waals surface area contributed by atoms with E-state index in [2.05, 4.69) is 6.92 Å². The van der Waals surface area contributed by atoms with E-state index in [9.17, 15) is 4.79 Å². The van der Waals surface area contributed by atoms with Crippen LogP contribution in [0.1, 0.15) is 47.0 Å². The van der Waals surface area contributed by atoms with Crippen LogP contribution in [0.3, 0.4) is 0 Å². The molecule has 1 rings (SSSR count). The molecule has 2 heteroatoms. The van der Waals surface area contributed by atoms with E-state index in [1.54, 1.807) is 0 Å². The van der Waals surface area contributed by atoms with Crippen LogP contribution in [0.4, 0.5) is 0 Å². The van der Waals surface area contributed by atoms with E-state index in [4.69, 9.17) is 5.26 Å². The maximum atomic E-state index is 11.9. The van der Waals surface area contributed by atoms with E-state index in [0.29, 0.717) is 5.57 Å². The van der Waals surface area contributed by atoms with Crippen LogP contribution in [0.25, 0.3) is 0 Å². The van der Waals surface area contributed by atoms with E-state index in [0.717, 1.165) is 12.8 Å². The number of carbonyl (C=O) groups excluding carboxylic acids is 1. The predicted molar refractivity (Wildman–Crippen MR) is 60.1 cm³/mol. The number of carbonyl (C=O) groups is 1. The third-order valence-electron chi connectivity index (χ3n) is 3.03. The normalized spacial score (nSPS) is 20.3. The second-order valence-electron chi connectivity index (χ2n) is 5.76. The molecule has 0 saturated heterocycles. The lowest BCUT2D eigenvalue weighted by Crippen LogP contribution is -2.27. The summed E-state index contributed by atoms with van der Waals surface area (Å²) in [6, 6.07) is 2.04. The van der Waals surface area contributed by atoms with Gasteiger partial charge in [-0.2, -0.15) is 5.26 Å². The molecule has 15 heavy (non-hydrogen) atoms. The summed E-state index contributed by atoms with van der Waals surface area (Å²) in [6.45, 7) is 7.67. The van der Waals surface area contributed by atoms with Crippen molar-refractivity contribution in [2.75, 3.05) is 0 Å². The van der Waals surface area contributed by atoms with E-state index in [1.165, 1.54) is 6.42 Å². The molecule has 0 atom stereocenters. The van der Waals surface area contributed by atoms with E-state index in [-0.39, 0.29) is 11.2 Å². The minimum Gasteiger partial charge on any atom is -0.293 e. The molecule has 0 radical (unpaired) electrons. The minimum absolute atomic E-state index is 0.0434. The van der Waals surface area contributed by atoms with Crippen molar-refractivity contribution in [1.29, 1.82) is 5.26 Å². The summed E-state index contributed by atoms with van der Waals surface area (Å²) >= 11 is 0. The third-order valence-corrected chi connectivity index (χ3v) is 3.03. The number of ketones is 1. The van der Waals surface area contributed by atoms with Gasteiger partial charge < -0.3 is 0 Å². The molecule has 1 aliphatic rings.